The summed E-state index contributed by atoms with van der Waals surface area (Å²) < 4.78 is 64.0. The largest absolute Gasteiger partial charge is 0.243 e. The van der Waals surface area contributed by atoms with Gasteiger partial charge in [-0.2, -0.15) is 4.31 Å². The number of hydrogen-bond donors (Lipinski definition) is 0. The Morgan fingerprint density at radius 1 is 1.18 bits per heavy atom. The van der Waals surface area contributed by atoms with Gasteiger partial charge in [-0.1, -0.05) is 6.07 Å². The van der Waals surface area contributed by atoms with E-state index in [1.165, 1.54) is 16.4 Å². The minimum atomic E-state index is -3.88. The van der Waals surface area contributed by atoms with Crippen LogP contribution in [0.3, 0.4) is 0 Å². The molecule has 0 radical (unpaired) electrons. The third kappa shape index (κ3) is 2.91. The minimum absolute atomic E-state index is 0.0126. The quantitative estimate of drug-likeness (QED) is 0.827. The van der Waals surface area contributed by atoms with E-state index in [-0.39, 0.29) is 22.4 Å². The van der Waals surface area contributed by atoms with Crippen LogP contribution < -0.4 is 0 Å². The summed E-state index contributed by atoms with van der Waals surface area (Å²) in [7, 11) is -7.07. The number of aryl methyl sites for hydroxylation is 1. The van der Waals surface area contributed by atoms with Gasteiger partial charge in [-0.3, -0.25) is 0 Å². The molecule has 8 heteroatoms. The third-order valence-corrected chi connectivity index (χ3v) is 7.95. The molecule has 1 aliphatic heterocycles. The summed E-state index contributed by atoms with van der Waals surface area (Å²) >= 11 is 0. The molecular formula is C14H18FNO4S2. The Morgan fingerprint density at radius 2 is 1.86 bits per heavy atom. The van der Waals surface area contributed by atoms with E-state index in [4.69, 9.17) is 0 Å². The van der Waals surface area contributed by atoms with Crippen molar-refractivity contribution >= 4 is 19.9 Å². The van der Waals surface area contributed by atoms with Gasteiger partial charge >= 0.3 is 0 Å². The predicted octanol–water partition coefficient (Wildman–Crippen LogP) is 1.47. The monoisotopic (exact) mass is 347 g/mol. The lowest BCUT2D eigenvalue weighted by atomic mass is 10.2. The lowest BCUT2D eigenvalue weighted by Gasteiger charge is -2.27. The summed E-state index contributed by atoms with van der Waals surface area (Å²) in [5.74, 6) is -0.702. The molecule has 2 aliphatic rings. The van der Waals surface area contributed by atoms with Gasteiger partial charge in [0.05, 0.1) is 16.4 Å². The molecule has 0 N–H and O–H groups in total. The molecular weight excluding hydrogens is 329 g/mol. The first-order valence-electron chi connectivity index (χ1n) is 7.21. The van der Waals surface area contributed by atoms with Crippen LogP contribution in [0.1, 0.15) is 24.8 Å². The molecule has 122 valence electrons. The maximum atomic E-state index is 13.7. The van der Waals surface area contributed by atoms with Crippen LogP contribution >= 0.6 is 0 Å². The normalized spacial score (nSPS) is 24.8. The van der Waals surface area contributed by atoms with Gasteiger partial charge in [0.1, 0.15) is 5.82 Å². The second-order valence-corrected chi connectivity index (χ2v) is 10.1. The van der Waals surface area contributed by atoms with Crippen LogP contribution in [0.15, 0.2) is 23.1 Å². The fourth-order valence-electron chi connectivity index (χ4n) is 2.85. The number of benzene rings is 1. The van der Waals surface area contributed by atoms with Gasteiger partial charge in [-0.25, -0.2) is 21.2 Å². The molecule has 1 atom stereocenters. The van der Waals surface area contributed by atoms with Crippen molar-refractivity contribution in [1.29, 1.82) is 0 Å². The van der Waals surface area contributed by atoms with Crippen molar-refractivity contribution in [3.8, 4) is 0 Å². The van der Waals surface area contributed by atoms with Crippen molar-refractivity contribution < 1.29 is 21.2 Å². The van der Waals surface area contributed by atoms with Crippen molar-refractivity contribution in [2.45, 2.75) is 43.2 Å². The highest BCUT2D eigenvalue weighted by Gasteiger charge is 2.46. The van der Waals surface area contributed by atoms with E-state index in [0.717, 1.165) is 18.9 Å². The van der Waals surface area contributed by atoms with Crippen molar-refractivity contribution in [2.24, 2.45) is 0 Å². The molecule has 1 saturated carbocycles. The van der Waals surface area contributed by atoms with Gasteiger partial charge < -0.3 is 0 Å². The fraction of sp³-hybridized carbons (Fsp3) is 0.571. The molecule has 1 aliphatic carbocycles. The predicted molar refractivity (Wildman–Crippen MR) is 80.2 cm³/mol. The van der Waals surface area contributed by atoms with Gasteiger partial charge in [-0.15, -0.1) is 0 Å². The molecule has 0 spiro atoms. The van der Waals surface area contributed by atoms with Crippen molar-refractivity contribution in [3.05, 3.63) is 29.6 Å². The Morgan fingerprint density at radius 3 is 2.36 bits per heavy atom. The van der Waals surface area contributed by atoms with Crippen LogP contribution in [0.25, 0.3) is 0 Å². The summed E-state index contributed by atoms with van der Waals surface area (Å²) in [5.41, 5.74) is 0.375. The van der Waals surface area contributed by atoms with Crippen molar-refractivity contribution in [3.63, 3.8) is 0 Å². The molecule has 1 heterocycles. The zero-order valence-electron chi connectivity index (χ0n) is 12.2. The molecule has 0 aromatic heterocycles. The number of nitrogens with zero attached hydrogens (tertiary/aromatic N) is 1. The van der Waals surface area contributed by atoms with E-state index < -0.39 is 31.7 Å². The van der Waals surface area contributed by atoms with E-state index in [1.807, 2.05) is 0 Å². The van der Waals surface area contributed by atoms with Crippen molar-refractivity contribution in [2.75, 3.05) is 11.5 Å². The molecule has 1 aromatic carbocycles. The molecule has 0 bridgehead atoms. The van der Waals surface area contributed by atoms with Gasteiger partial charge in [0.25, 0.3) is 0 Å². The average molecular weight is 347 g/mol. The molecule has 0 amide bonds. The number of hydrogen-bond acceptors (Lipinski definition) is 4. The zero-order valence-corrected chi connectivity index (χ0v) is 13.8. The Kier molecular flexibility index (Phi) is 3.81. The van der Waals surface area contributed by atoms with Gasteiger partial charge in [-0.05, 0) is 43.9 Å². The van der Waals surface area contributed by atoms with E-state index in [1.54, 1.807) is 6.92 Å². The molecule has 1 unspecified atom stereocenters. The van der Waals surface area contributed by atoms with Gasteiger partial charge in [0, 0.05) is 12.1 Å². The van der Waals surface area contributed by atoms with Crippen LogP contribution in [0.2, 0.25) is 0 Å². The van der Waals surface area contributed by atoms with Crippen molar-refractivity contribution in [1.82, 2.24) is 4.31 Å². The summed E-state index contributed by atoms with van der Waals surface area (Å²) in [5, 5.41) is 0. The minimum Gasteiger partial charge on any atom is -0.229 e. The van der Waals surface area contributed by atoms with Crippen LogP contribution in [-0.2, 0) is 19.9 Å². The second kappa shape index (κ2) is 5.28. The topological polar surface area (TPSA) is 71.5 Å². The molecule has 1 saturated heterocycles. The molecule has 1 aromatic rings. The smallest absolute Gasteiger partial charge is 0.229 e. The van der Waals surface area contributed by atoms with Crippen LogP contribution in [0, 0.1) is 12.7 Å². The average Bonchev–Trinajstić information content (AvgIpc) is 3.17. The number of halogens is 1. The number of rotatable bonds is 4. The second-order valence-electron chi connectivity index (χ2n) is 6.03. The fourth-order valence-corrected chi connectivity index (χ4v) is 6.57. The Hall–Kier alpha value is -0.990. The van der Waals surface area contributed by atoms with Gasteiger partial charge in [0.15, 0.2) is 9.84 Å². The summed E-state index contributed by atoms with van der Waals surface area (Å²) in [4.78, 5) is -0.105. The Bertz CT molecular complexity index is 800. The Balaban J connectivity index is 1.98. The number of sulfonamides is 1. The van der Waals surface area contributed by atoms with E-state index in [0.29, 0.717) is 12.0 Å². The number of sulfone groups is 1. The Labute approximate surface area is 130 Å². The first-order valence-corrected chi connectivity index (χ1v) is 10.5. The van der Waals surface area contributed by atoms with Crippen LogP contribution in [0.5, 0.6) is 0 Å². The van der Waals surface area contributed by atoms with Crippen LogP contribution in [-0.4, -0.2) is 44.7 Å². The molecule has 2 fully saturated rings. The summed E-state index contributed by atoms with van der Waals surface area (Å²) in [6, 6.07) is 3.13. The standard InChI is InChI=1S/C14H18FNO4S2/c1-10-2-5-13(8-14(10)15)22(19,20)16(11-3-4-11)12-6-7-21(17,18)9-12/h2,5,8,11-12H,3-4,6-7,9H2,1H3. The SMILES string of the molecule is Cc1ccc(S(=O)(=O)N(C2CC2)C2CCS(=O)(=O)C2)cc1F. The highest BCUT2D eigenvalue weighted by molar-refractivity contribution is 7.92. The molecule has 5 nitrogen and oxygen atoms in total. The van der Waals surface area contributed by atoms with E-state index in [2.05, 4.69) is 0 Å². The highest BCUT2D eigenvalue weighted by atomic mass is 32.2. The zero-order chi connectivity index (χ0) is 16.1. The maximum Gasteiger partial charge on any atom is 0.243 e. The lowest BCUT2D eigenvalue weighted by molar-refractivity contribution is 0.332. The van der Waals surface area contributed by atoms with Crippen LogP contribution in [0.4, 0.5) is 4.39 Å². The van der Waals surface area contributed by atoms with E-state index >= 15 is 0 Å². The van der Waals surface area contributed by atoms with E-state index in [9.17, 15) is 21.2 Å². The third-order valence-electron chi connectivity index (χ3n) is 4.19. The highest BCUT2D eigenvalue weighted by Crippen LogP contribution is 2.37. The van der Waals surface area contributed by atoms with Gasteiger partial charge in [0.2, 0.25) is 10.0 Å². The summed E-state index contributed by atoms with van der Waals surface area (Å²) in [6.07, 6.45) is 1.76. The first-order chi connectivity index (χ1) is 10.2. The molecule has 22 heavy (non-hydrogen) atoms. The first kappa shape index (κ1) is 15.9. The lowest BCUT2D eigenvalue weighted by Crippen LogP contribution is -2.42. The maximum absolute atomic E-state index is 13.7. The summed E-state index contributed by atoms with van der Waals surface area (Å²) in [6.45, 7) is 1.56. The molecule has 3 rings (SSSR count).